The highest BCUT2D eigenvalue weighted by atomic mass is 16.3. The second kappa shape index (κ2) is 7.90. The van der Waals surface area contributed by atoms with Gasteiger partial charge in [0.1, 0.15) is 6.04 Å². The van der Waals surface area contributed by atoms with Crippen molar-refractivity contribution in [1.29, 1.82) is 0 Å². The van der Waals surface area contributed by atoms with E-state index in [0.29, 0.717) is 24.0 Å². The Morgan fingerprint density at radius 2 is 1.92 bits per heavy atom. The molecule has 1 fully saturated rings. The summed E-state index contributed by atoms with van der Waals surface area (Å²) in [5.74, 6) is 1.89. The van der Waals surface area contributed by atoms with Crippen molar-refractivity contribution in [2.45, 2.75) is 25.8 Å². The molecule has 6 heteroatoms. The molecule has 26 heavy (non-hydrogen) atoms. The van der Waals surface area contributed by atoms with Crippen LogP contribution in [-0.4, -0.2) is 72.1 Å². The molecule has 2 aliphatic rings. The van der Waals surface area contributed by atoms with Gasteiger partial charge in [-0.15, -0.1) is 6.42 Å². The highest BCUT2D eigenvalue weighted by molar-refractivity contribution is 6.24. The summed E-state index contributed by atoms with van der Waals surface area (Å²) >= 11 is 0. The van der Waals surface area contributed by atoms with E-state index < -0.39 is 6.04 Å². The zero-order valence-corrected chi connectivity index (χ0v) is 15.1. The van der Waals surface area contributed by atoms with Crippen LogP contribution in [0.4, 0.5) is 5.69 Å². The third-order valence-electron chi connectivity index (χ3n) is 5.22. The van der Waals surface area contributed by atoms with Crippen LogP contribution in [0.2, 0.25) is 0 Å². The van der Waals surface area contributed by atoms with Crippen molar-refractivity contribution >= 4 is 17.5 Å². The number of likely N-dealkylation sites (N-methyl/N-ethyl adjacent to an activating group) is 1. The van der Waals surface area contributed by atoms with Crippen LogP contribution in [0, 0.1) is 12.3 Å². The standard InChI is InChI=1S/C20H25N3O3/c1-3-15(7-6-14-24)23-19(25)16-8-5-9-17(18(16)20(23)26)22-12-10-21(4-2)11-13-22/h1,5,8-9,15,24H,4,6-7,10-14H2,2H3/t15-/m0/s1. The maximum Gasteiger partial charge on any atom is 0.264 e. The summed E-state index contributed by atoms with van der Waals surface area (Å²) in [4.78, 5) is 31.6. The van der Waals surface area contributed by atoms with Crippen LogP contribution >= 0.6 is 0 Å². The molecule has 2 aliphatic heterocycles. The van der Waals surface area contributed by atoms with Crippen molar-refractivity contribution in [3.05, 3.63) is 29.3 Å². The summed E-state index contributed by atoms with van der Waals surface area (Å²) < 4.78 is 0. The zero-order chi connectivity index (χ0) is 18.7. The normalized spacial score (nSPS) is 18.8. The third kappa shape index (κ3) is 3.20. The van der Waals surface area contributed by atoms with Crippen LogP contribution in [0.3, 0.4) is 0 Å². The number of hydrogen-bond acceptors (Lipinski definition) is 5. The molecule has 0 spiro atoms. The number of nitrogens with zero attached hydrogens (tertiary/aromatic N) is 3. The van der Waals surface area contributed by atoms with Gasteiger partial charge in [0.25, 0.3) is 11.8 Å². The van der Waals surface area contributed by atoms with E-state index in [1.807, 2.05) is 12.1 Å². The second-order valence-corrected chi connectivity index (χ2v) is 6.65. The summed E-state index contributed by atoms with van der Waals surface area (Å²) in [5.41, 5.74) is 1.71. The molecule has 0 unspecified atom stereocenters. The average molecular weight is 355 g/mol. The fourth-order valence-corrected chi connectivity index (χ4v) is 3.71. The number of rotatable bonds is 6. The van der Waals surface area contributed by atoms with Crippen molar-refractivity contribution in [2.75, 3.05) is 44.2 Å². The van der Waals surface area contributed by atoms with Crippen LogP contribution in [0.25, 0.3) is 0 Å². The molecule has 1 saturated heterocycles. The molecule has 138 valence electrons. The Balaban J connectivity index is 1.89. The molecular formula is C20H25N3O3. The van der Waals surface area contributed by atoms with Gasteiger partial charge in [-0.05, 0) is 31.5 Å². The zero-order valence-electron chi connectivity index (χ0n) is 15.1. The van der Waals surface area contributed by atoms with Crippen LogP contribution in [-0.2, 0) is 0 Å². The number of carbonyl (C=O) groups excluding carboxylic acids is 2. The first kappa shape index (κ1) is 18.4. The molecule has 1 aromatic carbocycles. The van der Waals surface area contributed by atoms with E-state index in [1.165, 1.54) is 4.90 Å². The molecule has 2 amide bonds. The fourth-order valence-electron chi connectivity index (χ4n) is 3.71. The molecule has 0 bridgehead atoms. The van der Waals surface area contributed by atoms with Gasteiger partial charge in [0.05, 0.1) is 16.8 Å². The summed E-state index contributed by atoms with van der Waals surface area (Å²) in [6.07, 6.45) is 6.43. The van der Waals surface area contributed by atoms with Gasteiger partial charge in [-0.25, -0.2) is 0 Å². The van der Waals surface area contributed by atoms with Crippen LogP contribution < -0.4 is 4.90 Å². The molecule has 6 nitrogen and oxygen atoms in total. The molecule has 3 rings (SSSR count). The second-order valence-electron chi connectivity index (χ2n) is 6.65. The van der Waals surface area contributed by atoms with Crippen molar-refractivity contribution < 1.29 is 14.7 Å². The monoisotopic (exact) mass is 355 g/mol. The Kier molecular flexibility index (Phi) is 5.60. The highest BCUT2D eigenvalue weighted by Crippen LogP contribution is 2.33. The third-order valence-corrected chi connectivity index (χ3v) is 5.22. The average Bonchev–Trinajstić information content (AvgIpc) is 2.94. The maximum atomic E-state index is 13.1. The Morgan fingerprint density at radius 3 is 2.54 bits per heavy atom. The maximum absolute atomic E-state index is 13.1. The van der Waals surface area contributed by atoms with Gasteiger partial charge in [0.2, 0.25) is 0 Å². The SMILES string of the molecule is C#C[C@@H](CCCO)N1C(=O)c2cccc(N3CCN(CC)CC3)c2C1=O. The summed E-state index contributed by atoms with van der Waals surface area (Å²) in [5, 5.41) is 9.05. The quantitative estimate of drug-likeness (QED) is 0.614. The number of piperazine rings is 1. The number of anilines is 1. The minimum Gasteiger partial charge on any atom is -0.396 e. The first-order valence-corrected chi connectivity index (χ1v) is 9.17. The Morgan fingerprint density at radius 1 is 1.19 bits per heavy atom. The van der Waals surface area contributed by atoms with E-state index in [1.54, 1.807) is 6.07 Å². The number of aliphatic hydroxyl groups is 1. The van der Waals surface area contributed by atoms with Gasteiger partial charge in [0.15, 0.2) is 0 Å². The van der Waals surface area contributed by atoms with E-state index in [9.17, 15) is 9.59 Å². The van der Waals surface area contributed by atoms with Crippen molar-refractivity contribution in [3.63, 3.8) is 0 Å². The molecule has 0 saturated carbocycles. The molecule has 0 aliphatic carbocycles. The van der Waals surface area contributed by atoms with Gasteiger partial charge in [-0.1, -0.05) is 18.9 Å². The van der Waals surface area contributed by atoms with Crippen LogP contribution in [0.15, 0.2) is 18.2 Å². The largest absolute Gasteiger partial charge is 0.396 e. The molecule has 2 heterocycles. The van der Waals surface area contributed by atoms with Crippen molar-refractivity contribution in [1.82, 2.24) is 9.80 Å². The number of carbonyl (C=O) groups is 2. The smallest absolute Gasteiger partial charge is 0.264 e. The minimum atomic E-state index is -0.626. The van der Waals surface area contributed by atoms with Crippen LogP contribution in [0.1, 0.15) is 40.5 Å². The summed E-state index contributed by atoms with van der Waals surface area (Å²) in [6.45, 7) is 6.67. The predicted octanol–water partition coefficient (Wildman–Crippen LogP) is 1.20. The number of benzene rings is 1. The molecule has 0 radical (unpaired) electrons. The number of fused-ring (bicyclic) bond motifs is 1. The number of terminal acetylenes is 1. The predicted molar refractivity (Wildman–Crippen MR) is 100 cm³/mol. The lowest BCUT2D eigenvalue weighted by molar-refractivity contribution is 0.0610. The minimum absolute atomic E-state index is 0.0195. The number of imide groups is 1. The fraction of sp³-hybridized carbons (Fsp3) is 0.500. The summed E-state index contributed by atoms with van der Waals surface area (Å²) in [6, 6.07) is 4.81. The summed E-state index contributed by atoms with van der Waals surface area (Å²) in [7, 11) is 0. The van der Waals surface area contributed by atoms with E-state index in [4.69, 9.17) is 11.5 Å². The lowest BCUT2D eigenvalue weighted by Gasteiger charge is -2.36. The van der Waals surface area contributed by atoms with Gasteiger partial charge >= 0.3 is 0 Å². The van der Waals surface area contributed by atoms with Gasteiger partial charge in [-0.3, -0.25) is 14.5 Å². The first-order valence-electron chi connectivity index (χ1n) is 9.17. The Hall–Kier alpha value is -2.36. The topological polar surface area (TPSA) is 64.1 Å². The number of amides is 2. The van der Waals surface area contributed by atoms with Gasteiger partial charge in [-0.2, -0.15) is 0 Å². The van der Waals surface area contributed by atoms with E-state index in [0.717, 1.165) is 38.4 Å². The van der Waals surface area contributed by atoms with E-state index in [-0.39, 0.29) is 18.4 Å². The van der Waals surface area contributed by atoms with Crippen molar-refractivity contribution in [2.24, 2.45) is 0 Å². The molecule has 0 aromatic heterocycles. The lowest BCUT2D eigenvalue weighted by Crippen LogP contribution is -2.46. The molecule has 1 aromatic rings. The molecular weight excluding hydrogens is 330 g/mol. The van der Waals surface area contributed by atoms with Crippen LogP contribution in [0.5, 0.6) is 0 Å². The molecule has 1 atom stereocenters. The Bertz CT molecular complexity index is 732. The van der Waals surface area contributed by atoms with Crippen molar-refractivity contribution in [3.8, 4) is 12.3 Å². The number of aliphatic hydroxyl groups excluding tert-OH is 1. The van der Waals surface area contributed by atoms with E-state index in [2.05, 4.69) is 22.6 Å². The van der Waals surface area contributed by atoms with Gasteiger partial charge in [0, 0.05) is 32.8 Å². The van der Waals surface area contributed by atoms with E-state index >= 15 is 0 Å². The lowest BCUT2D eigenvalue weighted by atomic mass is 10.1. The highest BCUT2D eigenvalue weighted by Gasteiger charge is 2.41. The Labute approximate surface area is 154 Å². The van der Waals surface area contributed by atoms with Gasteiger partial charge < -0.3 is 14.9 Å². The molecule has 1 N–H and O–H groups in total. The number of hydrogen-bond donors (Lipinski definition) is 1. The first-order chi connectivity index (χ1) is 12.6.